The van der Waals surface area contributed by atoms with Crippen LogP contribution in [0.25, 0.3) is 0 Å². The minimum Gasteiger partial charge on any atom is -0.324 e. The fraction of sp³-hybridized carbons (Fsp3) is 0.250. The molecule has 5 nitrogen and oxygen atoms in total. The van der Waals surface area contributed by atoms with Gasteiger partial charge in [0, 0.05) is 24.5 Å². The van der Waals surface area contributed by atoms with Gasteiger partial charge in [0.1, 0.15) is 5.82 Å². The molecule has 1 aliphatic heterocycles. The molecule has 2 aromatic carbocycles. The number of urea groups is 1. The Morgan fingerprint density at radius 3 is 2.77 bits per heavy atom. The second kappa shape index (κ2) is 9.31. The number of aryl methyl sites for hydroxylation is 1. The van der Waals surface area contributed by atoms with Crippen molar-refractivity contribution in [2.24, 2.45) is 0 Å². The van der Waals surface area contributed by atoms with Crippen LogP contribution in [0.5, 0.6) is 0 Å². The molecule has 7 heteroatoms. The average molecular weight is 438 g/mol. The van der Waals surface area contributed by atoms with Gasteiger partial charge >= 0.3 is 6.03 Å². The van der Waals surface area contributed by atoms with Crippen molar-refractivity contribution in [2.45, 2.75) is 26.3 Å². The zero-order chi connectivity index (χ0) is 21.8. The number of nitrogens with one attached hydrogen (secondary N) is 1. The number of rotatable bonds is 6. The molecule has 1 aromatic heterocycles. The molecule has 0 saturated carbocycles. The van der Waals surface area contributed by atoms with E-state index in [9.17, 15) is 14.0 Å². The lowest BCUT2D eigenvalue weighted by Gasteiger charge is -2.36. The van der Waals surface area contributed by atoms with Gasteiger partial charge in [-0.2, -0.15) is 0 Å². The highest BCUT2D eigenvalue weighted by Gasteiger charge is 2.28. The Kier molecular flexibility index (Phi) is 6.32. The monoisotopic (exact) mass is 437 g/mol. The van der Waals surface area contributed by atoms with Crippen LogP contribution in [0.2, 0.25) is 0 Å². The molecule has 0 spiro atoms. The normalized spacial score (nSPS) is 14.1. The van der Waals surface area contributed by atoms with Crippen molar-refractivity contribution in [2.75, 3.05) is 23.3 Å². The van der Waals surface area contributed by atoms with E-state index in [0.717, 1.165) is 22.4 Å². The minimum atomic E-state index is -0.312. The Hall–Kier alpha value is -3.19. The summed E-state index contributed by atoms with van der Waals surface area (Å²) in [5, 5.41) is 4.93. The summed E-state index contributed by atoms with van der Waals surface area (Å²) in [5.74, 6) is -0.427. The van der Waals surface area contributed by atoms with Gasteiger partial charge in [0.15, 0.2) is 0 Å². The summed E-state index contributed by atoms with van der Waals surface area (Å²) < 4.78 is 13.6. The molecule has 1 N–H and O–H groups in total. The SMILES string of the molecule is Cc1ccc(N2CCCN(Cc3cccc(F)c3)C2=O)c(NC(=O)Cc2cccs2)c1. The van der Waals surface area contributed by atoms with E-state index in [1.54, 1.807) is 27.2 Å². The Labute approximate surface area is 185 Å². The summed E-state index contributed by atoms with van der Waals surface area (Å²) in [5.41, 5.74) is 3.06. The van der Waals surface area contributed by atoms with Crippen LogP contribution in [0.3, 0.4) is 0 Å². The maximum Gasteiger partial charge on any atom is 0.324 e. The Morgan fingerprint density at radius 1 is 1.13 bits per heavy atom. The number of benzene rings is 2. The molecule has 1 aliphatic rings. The van der Waals surface area contributed by atoms with Crippen LogP contribution in [0.1, 0.15) is 22.4 Å². The smallest absolute Gasteiger partial charge is 0.324 e. The Morgan fingerprint density at radius 2 is 2.00 bits per heavy atom. The van der Waals surface area contributed by atoms with Crippen LogP contribution in [0.15, 0.2) is 60.0 Å². The number of amides is 3. The molecule has 3 aromatic rings. The molecule has 0 unspecified atom stereocenters. The fourth-order valence-electron chi connectivity index (χ4n) is 3.76. The molecule has 3 amide bonds. The number of hydrogen-bond donors (Lipinski definition) is 1. The van der Waals surface area contributed by atoms with Gasteiger partial charge in [-0.25, -0.2) is 9.18 Å². The maximum absolute atomic E-state index is 13.6. The number of anilines is 2. The summed E-state index contributed by atoms with van der Waals surface area (Å²) in [7, 11) is 0. The van der Waals surface area contributed by atoms with E-state index < -0.39 is 0 Å². The number of halogens is 1. The molecule has 160 valence electrons. The lowest BCUT2D eigenvalue weighted by molar-refractivity contribution is -0.115. The highest BCUT2D eigenvalue weighted by Crippen LogP contribution is 2.30. The topological polar surface area (TPSA) is 52.6 Å². The third-order valence-corrected chi connectivity index (χ3v) is 6.08. The quantitative estimate of drug-likeness (QED) is 0.576. The third kappa shape index (κ3) is 5.11. The van der Waals surface area contributed by atoms with Crippen molar-refractivity contribution in [3.63, 3.8) is 0 Å². The molecule has 0 aliphatic carbocycles. The number of carbonyl (C=O) groups excluding carboxylic acids is 2. The van der Waals surface area contributed by atoms with Crippen LogP contribution in [0.4, 0.5) is 20.6 Å². The number of nitrogens with zero attached hydrogens (tertiary/aromatic N) is 2. The molecule has 0 atom stereocenters. The summed E-state index contributed by atoms with van der Waals surface area (Å²) in [4.78, 5) is 30.2. The number of hydrogen-bond acceptors (Lipinski definition) is 3. The first-order valence-corrected chi connectivity index (χ1v) is 11.1. The predicted octanol–water partition coefficient (Wildman–Crippen LogP) is 5.21. The van der Waals surface area contributed by atoms with Gasteiger partial charge in [0.05, 0.1) is 17.8 Å². The van der Waals surface area contributed by atoms with Crippen LogP contribution in [0, 0.1) is 12.7 Å². The van der Waals surface area contributed by atoms with Crippen LogP contribution >= 0.6 is 11.3 Å². The summed E-state index contributed by atoms with van der Waals surface area (Å²) in [6, 6.07) is 15.7. The van der Waals surface area contributed by atoms with Crippen molar-refractivity contribution in [1.82, 2.24) is 4.90 Å². The largest absolute Gasteiger partial charge is 0.324 e. The molecule has 4 rings (SSSR count). The van der Waals surface area contributed by atoms with Crippen molar-refractivity contribution in [3.8, 4) is 0 Å². The second-order valence-electron chi connectivity index (χ2n) is 7.66. The zero-order valence-electron chi connectivity index (χ0n) is 17.3. The summed E-state index contributed by atoms with van der Waals surface area (Å²) in [6.07, 6.45) is 1.09. The molecule has 0 radical (unpaired) electrons. The average Bonchev–Trinajstić information content (AvgIpc) is 3.23. The first-order valence-electron chi connectivity index (χ1n) is 10.2. The Bertz CT molecular complexity index is 1080. The van der Waals surface area contributed by atoms with Crippen molar-refractivity contribution >= 4 is 34.6 Å². The van der Waals surface area contributed by atoms with Crippen LogP contribution in [-0.2, 0) is 17.8 Å². The third-order valence-electron chi connectivity index (χ3n) is 5.21. The van der Waals surface area contributed by atoms with Crippen molar-refractivity contribution < 1.29 is 14.0 Å². The second-order valence-corrected chi connectivity index (χ2v) is 8.70. The van der Waals surface area contributed by atoms with Gasteiger partial charge in [0.25, 0.3) is 0 Å². The lowest BCUT2D eigenvalue weighted by Crippen LogP contribution is -2.49. The van der Waals surface area contributed by atoms with Gasteiger partial charge in [-0.15, -0.1) is 11.3 Å². The first kappa shape index (κ1) is 21.1. The highest BCUT2D eigenvalue weighted by molar-refractivity contribution is 7.10. The molecule has 0 bridgehead atoms. The lowest BCUT2D eigenvalue weighted by atomic mass is 10.1. The van der Waals surface area contributed by atoms with E-state index in [2.05, 4.69) is 5.32 Å². The molecule has 1 saturated heterocycles. The van der Waals surface area contributed by atoms with Crippen LogP contribution in [-0.4, -0.2) is 29.9 Å². The van der Waals surface area contributed by atoms with Crippen LogP contribution < -0.4 is 10.2 Å². The van der Waals surface area contributed by atoms with E-state index in [1.165, 1.54) is 12.1 Å². The van der Waals surface area contributed by atoms with Gasteiger partial charge < -0.3 is 10.2 Å². The standard InChI is InChI=1S/C24H24FN3O2S/c1-17-8-9-22(21(13-17)26-23(29)15-20-7-3-12-31-20)28-11-4-10-27(24(28)30)16-18-5-2-6-19(25)14-18/h2-3,5-9,12-14H,4,10-11,15-16H2,1H3,(H,26,29). The summed E-state index contributed by atoms with van der Waals surface area (Å²) >= 11 is 1.54. The number of thiophene rings is 1. The Balaban J connectivity index is 1.53. The van der Waals surface area contributed by atoms with Gasteiger partial charge in [-0.1, -0.05) is 24.3 Å². The van der Waals surface area contributed by atoms with E-state index in [-0.39, 0.29) is 17.8 Å². The zero-order valence-corrected chi connectivity index (χ0v) is 18.1. The van der Waals surface area contributed by atoms with E-state index in [1.807, 2.05) is 48.7 Å². The number of carbonyl (C=O) groups is 2. The van der Waals surface area contributed by atoms with Gasteiger partial charge in [0.2, 0.25) is 5.91 Å². The molecular weight excluding hydrogens is 413 g/mol. The first-order chi connectivity index (χ1) is 15.0. The van der Waals surface area contributed by atoms with Gasteiger partial charge in [-0.05, 0) is 60.2 Å². The minimum absolute atomic E-state index is 0.115. The predicted molar refractivity (Wildman–Crippen MR) is 122 cm³/mol. The molecule has 2 heterocycles. The molecule has 31 heavy (non-hydrogen) atoms. The van der Waals surface area contributed by atoms with Crippen molar-refractivity contribution in [3.05, 3.63) is 81.8 Å². The molecule has 1 fully saturated rings. The molecular formula is C24H24FN3O2S. The summed E-state index contributed by atoms with van der Waals surface area (Å²) in [6.45, 7) is 3.47. The van der Waals surface area contributed by atoms with E-state index in [4.69, 9.17) is 0 Å². The fourth-order valence-corrected chi connectivity index (χ4v) is 4.46. The maximum atomic E-state index is 13.6. The van der Waals surface area contributed by atoms with E-state index >= 15 is 0 Å². The highest BCUT2D eigenvalue weighted by atomic mass is 32.1. The van der Waals surface area contributed by atoms with Gasteiger partial charge in [-0.3, -0.25) is 9.69 Å². The van der Waals surface area contributed by atoms with E-state index in [0.29, 0.717) is 37.4 Å². The van der Waals surface area contributed by atoms with Crippen molar-refractivity contribution in [1.29, 1.82) is 0 Å².